The summed E-state index contributed by atoms with van der Waals surface area (Å²) in [5.41, 5.74) is -0.680. The molecule has 0 saturated carbocycles. The number of hydrogen-bond donors (Lipinski definition) is 0. The number of halogens is 3. The van der Waals surface area contributed by atoms with E-state index < -0.39 is 18.1 Å². The Hall–Kier alpha value is -0.580. The number of aldehydes is 1. The molecule has 0 amide bonds. The number of carbonyl (C=O) groups excluding carboxylic acids is 1. The summed E-state index contributed by atoms with van der Waals surface area (Å²) in [6.07, 6.45) is -2.25. The maximum atomic E-state index is 12.3. The predicted octanol–water partition coefficient (Wildman–Crippen LogP) is 2.88. The first-order valence-corrected chi connectivity index (χ1v) is 5.51. The molecular formula is C11H20F3NO. The molecule has 16 heavy (non-hydrogen) atoms. The van der Waals surface area contributed by atoms with E-state index in [1.807, 2.05) is 13.8 Å². The molecule has 96 valence electrons. The smallest absolute Gasteiger partial charge is 0.303 e. The molecule has 0 saturated heterocycles. The van der Waals surface area contributed by atoms with Crippen LogP contribution in [0.5, 0.6) is 0 Å². The average molecular weight is 239 g/mol. The fourth-order valence-corrected chi connectivity index (χ4v) is 1.53. The van der Waals surface area contributed by atoms with Gasteiger partial charge in [0, 0.05) is 12.0 Å². The standard InChI is InChI=1S/C11H20F3NO/c1-4-6-15(8-11(12,13)14)7-10(3,5-2)9-16/h9H,4-8H2,1-3H3. The van der Waals surface area contributed by atoms with Gasteiger partial charge in [-0.2, -0.15) is 13.2 Å². The molecule has 1 unspecified atom stereocenters. The molecule has 0 bridgehead atoms. The lowest BCUT2D eigenvalue weighted by Gasteiger charge is -2.31. The van der Waals surface area contributed by atoms with Crippen LogP contribution < -0.4 is 0 Å². The van der Waals surface area contributed by atoms with Crippen LogP contribution in [0.4, 0.5) is 13.2 Å². The summed E-state index contributed by atoms with van der Waals surface area (Å²) in [5, 5.41) is 0. The van der Waals surface area contributed by atoms with Crippen molar-refractivity contribution in [3.8, 4) is 0 Å². The minimum absolute atomic E-state index is 0.167. The lowest BCUT2D eigenvalue weighted by molar-refractivity contribution is -0.150. The van der Waals surface area contributed by atoms with E-state index in [0.717, 1.165) is 6.29 Å². The zero-order valence-electron chi connectivity index (χ0n) is 10.1. The van der Waals surface area contributed by atoms with Crippen LogP contribution in [0.15, 0.2) is 0 Å². The zero-order chi connectivity index (χ0) is 12.8. The van der Waals surface area contributed by atoms with Gasteiger partial charge in [-0.15, -0.1) is 0 Å². The van der Waals surface area contributed by atoms with Crippen LogP contribution in [-0.2, 0) is 4.79 Å². The lowest BCUT2D eigenvalue weighted by Crippen LogP contribution is -2.42. The van der Waals surface area contributed by atoms with Crippen LogP contribution in [0.25, 0.3) is 0 Å². The van der Waals surface area contributed by atoms with Gasteiger partial charge >= 0.3 is 6.18 Å². The van der Waals surface area contributed by atoms with Crippen LogP contribution in [0.3, 0.4) is 0 Å². The third-order valence-corrected chi connectivity index (χ3v) is 2.62. The van der Waals surface area contributed by atoms with Gasteiger partial charge in [0.1, 0.15) is 6.29 Å². The fraction of sp³-hybridized carbons (Fsp3) is 0.909. The Balaban J connectivity index is 4.49. The SMILES string of the molecule is CCCN(CC(F)(F)F)CC(C)(C=O)CC. The molecule has 0 heterocycles. The van der Waals surface area contributed by atoms with Crippen LogP contribution in [0.2, 0.25) is 0 Å². The number of carbonyl (C=O) groups is 1. The van der Waals surface area contributed by atoms with Crippen molar-refractivity contribution in [2.45, 2.75) is 39.8 Å². The second kappa shape index (κ2) is 6.23. The van der Waals surface area contributed by atoms with Crippen molar-refractivity contribution in [2.24, 2.45) is 5.41 Å². The van der Waals surface area contributed by atoms with Gasteiger partial charge in [0.05, 0.1) is 6.54 Å². The summed E-state index contributed by atoms with van der Waals surface area (Å²) in [6, 6.07) is 0. The van der Waals surface area contributed by atoms with Crippen molar-refractivity contribution >= 4 is 6.29 Å². The molecule has 0 aromatic carbocycles. The van der Waals surface area contributed by atoms with E-state index in [2.05, 4.69) is 0 Å². The first kappa shape index (κ1) is 15.4. The topological polar surface area (TPSA) is 20.3 Å². The quantitative estimate of drug-likeness (QED) is 0.637. The Morgan fingerprint density at radius 1 is 1.19 bits per heavy atom. The Bertz CT molecular complexity index is 218. The highest BCUT2D eigenvalue weighted by Gasteiger charge is 2.33. The van der Waals surface area contributed by atoms with Crippen LogP contribution >= 0.6 is 0 Å². The summed E-state index contributed by atoms with van der Waals surface area (Å²) >= 11 is 0. The van der Waals surface area contributed by atoms with E-state index in [0.29, 0.717) is 19.4 Å². The van der Waals surface area contributed by atoms with Gasteiger partial charge in [-0.05, 0) is 19.4 Å². The van der Waals surface area contributed by atoms with Crippen LogP contribution in [0.1, 0.15) is 33.6 Å². The number of hydrogen-bond acceptors (Lipinski definition) is 2. The Morgan fingerprint density at radius 2 is 1.75 bits per heavy atom. The lowest BCUT2D eigenvalue weighted by atomic mass is 9.89. The first-order chi connectivity index (χ1) is 7.26. The Morgan fingerprint density at radius 3 is 2.06 bits per heavy atom. The molecule has 5 heteroatoms. The van der Waals surface area contributed by atoms with Gasteiger partial charge < -0.3 is 4.79 Å². The molecular weight excluding hydrogens is 219 g/mol. The minimum atomic E-state index is -4.20. The summed E-state index contributed by atoms with van der Waals surface area (Å²) < 4.78 is 36.8. The number of alkyl halides is 3. The maximum Gasteiger partial charge on any atom is 0.401 e. The van der Waals surface area contributed by atoms with Crippen molar-refractivity contribution in [1.29, 1.82) is 0 Å². The average Bonchev–Trinajstić information content (AvgIpc) is 2.15. The van der Waals surface area contributed by atoms with E-state index in [9.17, 15) is 18.0 Å². The predicted molar refractivity (Wildman–Crippen MR) is 57.2 cm³/mol. The summed E-state index contributed by atoms with van der Waals surface area (Å²) in [4.78, 5) is 12.2. The van der Waals surface area contributed by atoms with Crippen molar-refractivity contribution in [2.75, 3.05) is 19.6 Å². The maximum absolute atomic E-state index is 12.3. The molecule has 1 atom stereocenters. The van der Waals surface area contributed by atoms with E-state index >= 15 is 0 Å². The molecule has 0 spiro atoms. The van der Waals surface area contributed by atoms with Gasteiger partial charge in [-0.25, -0.2) is 0 Å². The highest BCUT2D eigenvalue weighted by atomic mass is 19.4. The normalized spacial score (nSPS) is 16.2. The van der Waals surface area contributed by atoms with Gasteiger partial charge in [-0.3, -0.25) is 4.90 Å². The highest BCUT2D eigenvalue weighted by molar-refractivity contribution is 5.58. The van der Waals surface area contributed by atoms with Gasteiger partial charge in [0.25, 0.3) is 0 Å². The molecule has 0 N–H and O–H groups in total. The van der Waals surface area contributed by atoms with Gasteiger partial charge in [0.2, 0.25) is 0 Å². The molecule has 2 nitrogen and oxygen atoms in total. The van der Waals surface area contributed by atoms with E-state index in [1.54, 1.807) is 6.92 Å². The molecule has 0 aromatic heterocycles. The summed E-state index contributed by atoms with van der Waals surface area (Å²) in [6.45, 7) is 4.92. The minimum Gasteiger partial charge on any atom is -0.303 e. The second-order valence-electron chi connectivity index (χ2n) is 4.45. The molecule has 0 aromatic rings. The monoisotopic (exact) mass is 239 g/mol. The van der Waals surface area contributed by atoms with Crippen molar-refractivity contribution in [1.82, 2.24) is 4.90 Å². The van der Waals surface area contributed by atoms with Gasteiger partial charge in [0.15, 0.2) is 0 Å². The first-order valence-electron chi connectivity index (χ1n) is 5.51. The molecule has 0 radical (unpaired) electrons. The molecule has 0 aliphatic rings. The molecule has 0 aliphatic heterocycles. The van der Waals surface area contributed by atoms with E-state index in [1.165, 1.54) is 4.90 Å². The van der Waals surface area contributed by atoms with Crippen LogP contribution in [0, 0.1) is 5.41 Å². The van der Waals surface area contributed by atoms with E-state index in [-0.39, 0.29) is 6.54 Å². The zero-order valence-corrected chi connectivity index (χ0v) is 10.1. The van der Waals surface area contributed by atoms with Crippen molar-refractivity contribution in [3.05, 3.63) is 0 Å². The second-order valence-corrected chi connectivity index (χ2v) is 4.45. The fourth-order valence-electron chi connectivity index (χ4n) is 1.53. The van der Waals surface area contributed by atoms with Gasteiger partial charge in [-0.1, -0.05) is 20.8 Å². The summed E-state index contributed by atoms with van der Waals surface area (Å²) in [5.74, 6) is 0. The third-order valence-electron chi connectivity index (χ3n) is 2.62. The highest BCUT2D eigenvalue weighted by Crippen LogP contribution is 2.23. The third kappa shape index (κ3) is 6.10. The van der Waals surface area contributed by atoms with Crippen molar-refractivity contribution in [3.63, 3.8) is 0 Å². The molecule has 0 rings (SSSR count). The van der Waals surface area contributed by atoms with Crippen molar-refractivity contribution < 1.29 is 18.0 Å². The van der Waals surface area contributed by atoms with Crippen LogP contribution in [-0.4, -0.2) is 37.0 Å². The summed E-state index contributed by atoms with van der Waals surface area (Å²) in [7, 11) is 0. The molecule has 0 fully saturated rings. The number of rotatable bonds is 7. The number of nitrogens with zero attached hydrogens (tertiary/aromatic N) is 1. The largest absolute Gasteiger partial charge is 0.401 e. The van der Waals surface area contributed by atoms with E-state index in [4.69, 9.17) is 0 Å². The Labute approximate surface area is 94.8 Å². The Kier molecular flexibility index (Phi) is 6.00. The molecule has 0 aliphatic carbocycles.